The van der Waals surface area contributed by atoms with E-state index in [0.29, 0.717) is 0 Å². The fourth-order valence-electron chi connectivity index (χ4n) is 7.48. The van der Waals surface area contributed by atoms with Crippen LogP contribution in [0.25, 0.3) is 103 Å². The van der Waals surface area contributed by atoms with Crippen LogP contribution in [-0.4, -0.2) is 9.38 Å². The molecule has 0 aliphatic rings. The Hall–Kier alpha value is -5.97. The summed E-state index contributed by atoms with van der Waals surface area (Å²) in [6, 6.07) is 52.4. The van der Waals surface area contributed by atoms with Gasteiger partial charge in [0.1, 0.15) is 11.2 Å². The van der Waals surface area contributed by atoms with Crippen LogP contribution in [0.5, 0.6) is 0 Å². The average molecular weight is 617 g/mol. The Morgan fingerprint density at radius 2 is 1.21 bits per heavy atom. The van der Waals surface area contributed by atoms with Crippen LogP contribution in [-0.2, 0) is 0 Å². The number of rotatable bonds is 2. The van der Waals surface area contributed by atoms with Crippen molar-refractivity contribution < 1.29 is 4.42 Å². The smallest absolute Gasteiger partial charge is 0.156 e. The number of fused-ring (bicyclic) bond motifs is 12. The van der Waals surface area contributed by atoms with E-state index in [9.17, 15) is 0 Å². The van der Waals surface area contributed by atoms with E-state index in [4.69, 9.17) is 9.40 Å². The number of para-hydroxylation sites is 2. The number of furan rings is 1. The lowest BCUT2D eigenvalue weighted by Gasteiger charge is -2.10. The standard InChI is InChI=1S/C43H24N2OS/c1-4-11-30-23-40-34(20-27(30)8-1)35-24-37(45-38-22-29-10-3-2-9-28(29)21-36(38)44-43(45)42(35)47-40)26-18-16-25(17-19-26)31-13-7-14-33-32-12-5-6-15-39(32)46-41(31)33/h1-24H. The normalized spacial score (nSPS) is 12.3. The van der Waals surface area contributed by atoms with Crippen LogP contribution < -0.4 is 0 Å². The van der Waals surface area contributed by atoms with Gasteiger partial charge in [-0.25, -0.2) is 4.98 Å². The van der Waals surface area contributed by atoms with Crippen molar-refractivity contribution >= 4 is 91.7 Å². The van der Waals surface area contributed by atoms with Crippen LogP contribution in [0.1, 0.15) is 0 Å². The van der Waals surface area contributed by atoms with Crippen LogP contribution in [0.2, 0.25) is 0 Å². The number of pyridine rings is 1. The number of nitrogens with zero attached hydrogens (tertiary/aromatic N) is 2. The van der Waals surface area contributed by atoms with Gasteiger partial charge in [-0.1, -0.05) is 109 Å². The molecule has 11 rings (SSSR count). The fourth-order valence-corrected chi connectivity index (χ4v) is 8.67. The van der Waals surface area contributed by atoms with Gasteiger partial charge in [0, 0.05) is 31.8 Å². The summed E-state index contributed by atoms with van der Waals surface area (Å²) in [5, 5.41) is 9.74. The third-order valence-corrected chi connectivity index (χ3v) is 10.9. The molecule has 0 atom stereocenters. The zero-order valence-corrected chi connectivity index (χ0v) is 25.9. The summed E-state index contributed by atoms with van der Waals surface area (Å²) < 4.78 is 11.2. The van der Waals surface area contributed by atoms with E-state index in [1.54, 1.807) is 0 Å². The van der Waals surface area contributed by atoms with E-state index in [0.717, 1.165) is 61.0 Å². The molecule has 0 radical (unpaired) electrons. The molecular weight excluding hydrogens is 593 g/mol. The highest BCUT2D eigenvalue weighted by Crippen LogP contribution is 2.43. The predicted octanol–water partition coefficient (Wildman–Crippen LogP) is 12.4. The second kappa shape index (κ2) is 9.29. The van der Waals surface area contributed by atoms with Crippen LogP contribution in [0.3, 0.4) is 0 Å². The van der Waals surface area contributed by atoms with E-state index >= 15 is 0 Å². The van der Waals surface area contributed by atoms with Crippen LogP contribution in [0.15, 0.2) is 150 Å². The minimum absolute atomic E-state index is 0.914. The summed E-state index contributed by atoms with van der Waals surface area (Å²) in [4.78, 5) is 5.33. The number of benzene rings is 7. The van der Waals surface area contributed by atoms with E-state index in [1.165, 1.54) is 41.7 Å². The molecule has 0 N–H and O–H groups in total. The highest BCUT2D eigenvalue weighted by molar-refractivity contribution is 7.26. The first-order chi connectivity index (χ1) is 23.3. The maximum Gasteiger partial charge on any atom is 0.156 e. The zero-order valence-electron chi connectivity index (χ0n) is 25.1. The number of hydrogen-bond donors (Lipinski definition) is 0. The Labute approximate surface area is 272 Å². The van der Waals surface area contributed by atoms with Gasteiger partial charge in [0.25, 0.3) is 0 Å². The second-order valence-electron chi connectivity index (χ2n) is 12.4. The monoisotopic (exact) mass is 616 g/mol. The van der Waals surface area contributed by atoms with Crippen molar-refractivity contribution in [2.45, 2.75) is 0 Å². The van der Waals surface area contributed by atoms with Gasteiger partial charge < -0.3 is 4.42 Å². The maximum absolute atomic E-state index is 6.38. The first-order valence-electron chi connectivity index (χ1n) is 15.9. The Balaban J connectivity index is 1.19. The summed E-state index contributed by atoms with van der Waals surface area (Å²) >= 11 is 1.84. The topological polar surface area (TPSA) is 30.4 Å². The minimum atomic E-state index is 0.914. The SMILES string of the molecule is c1ccc2cc3c(cc2c1)nc1c2sc4cc5ccccc5cc4c2cc(-c2ccc(-c4cccc5c4oc4ccccc45)cc2)n31. The predicted molar refractivity (Wildman–Crippen MR) is 199 cm³/mol. The lowest BCUT2D eigenvalue weighted by Crippen LogP contribution is -1.93. The van der Waals surface area contributed by atoms with Gasteiger partial charge in [-0.3, -0.25) is 4.40 Å². The third kappa shape index (κ3) is 3.59. The first-order valence-corrected chi connectivity index (χ1v) is 16.7. The molecule has 0 saturated carbocycles. The summed E-state index contributed by atoms with van der Waals surface area (Å²) in [7, 11) is 0. The molecule has 0 bridgehead atoms. The van der Waals surface area contributed by atoms with Gasteiger partial charge in [-0.05, 0) is 69.1 Å². The van der Waals surface area contributed by atoms with Crippen molar-refractivity contribution in [3.05, 3.63) is 146 Å². The van der Waals surface area contributed by atoms with Crippen LogP contribution in [0, 0.1) is 0 Å². The Bertz CT molecular complexity index is 3070. The number of thiophene rings is 1. The fraction of sp³-hybridized carbons (Fsp3) is 0. The van der Waals surface area contributed by atoms with Gasteiger partial charge in [0.15, 0.2) is 5.65 Å². The molecular formula is C43H24N2OS. The molecule has 218 valence electrons. The van der Waals surface area contributed by atoms with Crippen molar-refractivity contribution in [2.75, 3.05) is 0 Å². The Kier molecular flexibility index (Phi) is 4.99. The second-order valence-corrected chi connectivity index (χ2v) is 13.4. The van der Waals surface area contributed by atoms with E-state index in [2.05, 4.69) is 138 Å². The van der Waals surface area contributed by atoms with E-state index in [1.807, 2.05) is 23.5 Å². The molecule has 3 nitrogen and oxygen atoms in total. The van der Waals surface area contributed by atoms with Gasteiger partial charge >= 0.3 is 0 Å². The quantitative estimate of drug-likeness (QED) is 0.193. The number of imidazole rings is 1. The molecule has 0 aliphatic heterocycles. The van der Waals surface area contributed by atoms with Gasteiger partial charge in [-0.2, -0.15) is 0 Å². The highest BCUT2D eigenvalue weighted by atomic mass is 32.1. The zero-order chi connectivity index (χ0) is 30.6. The Morgan fingerprint density at radius 3 is 2.04 bits per heavy atom. The van der Waals surface area contributed by atoms with E-state index < -0.39 is 0 Å². The van der Waals surface area contributed by atoms with Crippen LogP contribution >= 0.6 is 11.3 Å². The molecule has 4 heteroatoms. The van der Waals surface area contributed by atoms with Crippen molar-refractivity contribution in [1.82, 2.24) is 9.38 Å². The molecule has 4 heterocycles. The molecule has 0 amide bonds. The van der Waals surface area contributed by atoms with Crippen LogP contribution in [0.4, 0.5) is 0 Å². The summed E-state index contributed by atoms with van der Waals surface area (Å²) in [6.45, 7) is 0. The minimum Gasteiger partial charge on any atom is -0.455 e. The van der Waals surface area contributed by atoms with Gasteiger partial charge in [-0.15, -0.1) is 11.3 Å². The first kappa shape index (κ1) is 25.2. The van der Waals surface area contributed by atoms with Gasteiger partial charge in [0.05, 0.1) is 21.4 Å². The lowest BCUT2D eigenvalue weighted by molar-refractivity contribution is 0.670. The Morgan fingerprint density at radius 1 is 0.532 bits per heavy atom. The number of aromatic nitrogens is 2. The number of hydrogen-bond acceptors (Lipinski definition) is 3. The van der Waals surface area contributed by atoms with Crippen molar-refractivity contribution in [1.29, 1.82) is 0 Å². The molecule has 0 saturated heterocycles. The summed E-state index contributed by atoms with van der Waals surface area (Å²) in [5.41, 5.74) is 9.47. The summed E-state index contributed by atoms with van der Waals surface area (Å²) in [5.74, 6) is 0. The molecule has 4 aromatic heterocycles. The third-order valence-electron chi connectivity index (χ3n) is 9.74. The van der Waals surface area contributed by atoms with Crippen molar-refractivity contribution in [2.24, 2.45) is 0 Å². The van der Waals surface area contributed by atoms with Gasteiger partial charge in [0.2, 0.25) is 0 Å². The largest absolute Gasteiger partial charge is 0.455 e. The molecule has 7 aromatic carbocycles. The molecule has 0 fully saturated rings. The molecule has 47 heavy (non-hydrogen) atoms. The maximum atomic E-state index is 6.38. The summed E-state index contributed by atoms with van der Waals surface area (Å²) in [6.07, 6.45) is 0. The van der Waals surface area contributed by atoms with Crippen molar-refractivity contribution in [3.63, 3.8) is 0 Å². The molecule has 11 aromatic rings. The average Bonchev–Trinajstić information content (AvgIpc) is 3.80. The molecule has 0 spiro atoms. The van der Waals surface area contributed by atoms with Crippen molar-refractivity contribution in [3.8, 4) is 22.4 Å². The highest BCUT2D eigenvalue weighted by Gasteiger charge is 2.19. The molecule has 0 unspecified atom stereocenters. The lowest BCUT2D eigenvalue weighted by atomic mass is 9.99. The molecule has 0 aliphatic carbocycles. The van der Waals surface area contributed by atoms with E-state index in [-0.39, 0.29) is 0 Å².